The highest BCUT2D eigenvalue weighted by atomic mass is 16.4. The number of carboxylic acids is 1. The summed E-state index contributed by atoms with van der Waals surface area (Å²) in [7, 11) is 0. The first kappa shape index (κ1) is 13.7. The number of hydrogen-bond donors (Lipinski definition) is 3. The summed E-state index contributed by atoms with van der Waals surface area (Å²) in [4.78, 5) is 11.2. The van der Waals surface area contributed by atoms with Crippen LogP contribution in [0.2, 0.25) is 0 Å². The van der Waals surface area contributed by atoms with E-state index >= 15 is 0 Å². The van der Waals surface area contributed by atoms with E-state index in [4.69, 9.17) is 5.73 Å². The highest BCUT2D eigenvalue weighted by Crippen LogP contribution is 2.41. The molecule has 1 aromatic rings. The standard InChI is InChI=1S/C15H22N2O2/c1-2-15(8-3-4-9-15)10-17-13-11(14(18)19)6-5-7-12(13)16/h5-7,17H,2-4,8-10,16H2,1H3,(H,18,19). The summed E-state index contributed by atoms with van der Waals surface area (Å²) in [6.07, 6.45) is 6.09. The Hall–Kier alpha value is -1.71. The predicted molar refractivity (Wildman–Crippen MR) is 77.5 cm³/mol. The SMILES string of the molecule is CCC1(CNc2c(N)cccc2C(=O)O)CCCC1. The molecule has 4 heteroatoms. The Morgan fingerprint density at radius 2 is 2.11 bits per heavy atom. The minimum atomic E-state index is -0.938. The zero-order valence-electron chi connectivity index (χ0n) is 11.4. The molecule has 1 aliphatic rings. The van der Waals surface area contributed by atoms with Gasteiger partial charge < -0.3 is 16.2 Å². The van der Waals surface area contributed by atoms with Crippen LogP contribution in [0.4, 0.5) is 11.4 Å². The number of aromatic carboxylic acids is 1. The maximum atomic E-state index is 11.2. The van der Waals surface area contributed by atoms with E-state index in [0.717, 1.165) is 13.0 Å². The summed E-state index contributed by atoms with van der Waals surface area (Å²) >= 11 is 0. The molecule has 1 fully saturated rings. The predicted octanol–water partition coefficient (Wildman–Crippen LogP) is 3.35. The van der Waals surface area contributed by atoms with Crippen LogP contribution in [-0.2, 0) is 0 Å². The highest BCUT2D eigenvalue weighted by Gasteiger charge is 2.32. The van der Waals surface area contributed by atoms with Gasteiger partial charge in [-0.2, -0.15) is 0 Å². The van der Waals surface area contributed by atoms with Gasteiger partial charge in [0.2, 0.25) is 0 Å². The Balaban J connectivity index is 2.17. The minimum absolute atomic E-state index is 0.254. The Morgan fingerprint density at radius 3 is 2.68 bits per heavy atom. The highest BCUT2D eigenvalue weighted by molar-refractivity contribution is 5.97. The van der Waals surface area contributed by atoms with Gasteiger partial charge in [-0.05, 0) is 36.8 Å². The molecule has 2 rings (SSSR count). The number of nitrogen functional groups attached to an aromatic ring is 1. The first-order valence-corrected chi connectivity index (χ1v) is 6.94. The van der Waals surface area contributed by atoms with Gasteiger partial charge in [0.15, 0.2) is 0 Å². The van der Waals surface area contributed by atoms with Crippen molar-refractivity contribution in [1.82, 2.24) is 0 Å². The third-order valence-corrected chi connectivity index (χ3v) is 4.38. The molecule has 1 saturated carbocycles. The van der Waals surface area contributed by atoms with Crippen LogP contribution in [0.25, 0.3) is 0 Å². The first-order chi connectivity index (χ1) is 9.08. The Labute approximate surface area is 114 Å². The molecule has 0 saturated heterocycles. The van der Waals surface area contributed by atoms with Gasteiger partial charge in [0.05, 0.1) is 16.9 Å². The molecule has 1 aromatic carbocycles. The summed E-state index contributed by atoms with van der Waals surface area (Å²) in [6, 6.07) is 5.01. The minimum Gasteiger partial charge on any atom is -0.478 e. The zero-order chi connectivity index (χ0) is 13.9. The van der Waals surface area contributed by atoms with E-state index in [9.17, 15) is 9.90 Å². The third kappa shape index (κ3) is 2.83. The van der Waals surface area contributed by atoms with Crippen LogP contribution >= 0.6 is 0 Å². The number of nitrogens with two attached hydrogens (primary N) is 1. The van der Waals surface area contributed by atoms with Crippen molar-refractivity contribution in [1.29, 1.82) is 0 Å². The summed E-state index contributed by atoms with van der Waals surface area (Å²) in [6.45, 7) is 3.01. The second-order valence-corrected chi connectivity index (χ2v) is 5.49. The number of carboxylic acid groups (broad SMARTS) is 1. The van der Waals surface area contributed by atoms with E-state index in [-0.39, 0.29) is 5.56 Å². The molecular weight excluding hydrogens is 240 g/mol. The van der Waals surface area contributed by atoms with Crippen LogP contribution in [0.5, 0.6) is 0 Å². The van der Waals surface area contributed by atoms with Crippen molar-refractivity contribution in [2.45, 2.75) is 39.0 Å². The van der Waals surface area contributed by atoms with Crippen molar-refractivity contribution in [2.24, 2.45) is 5.41 Å². The molecule has 0 bridgehead atoms. The number of nitrogens with one attached hydrogen (secondary N) is 1. The fraction of sp³-hybridized carbons (Fsp3) is 0.533. The Morgan fingerprint density at radius 1 is 1.42 bits per heavy atom. The molecule has 0 amide bonds. The molecule has 4 nitrogen and oxygen atoms in total. The van der Waals surface area contributed by atoms with Gasteiger partial charge in [0.25, 0.3) is 0 Å². The van der Waals surface area contributed by atoms with E-state index < -0.39 is 5.97 Å². The lowest BCUT2D eigenvalue weighted by atomic mass is 9.83. The smallest absolute Gasteiger partial charge is 0.337 e. The maximum absolute atomic E-state index is 11.2. The van der Waals surface area contributed by atoms with E-state index in [2.05, 4.69) is 12.2 Å². The lowest BCUT2D eigenvalue weighted by Gasteiger charge is -2.29. The van der Waals surface area contributed by atoms with Gasteiger partial charge >= 0.3 is 5.97 Å². The van der Waals surface area contributed by atoms with Crippen LogP contribution in [0.3, 0.4) is 0 Å². The van der Waals surface area contributed by atoms with Crippen LogP contribution in [-0.4, -0.2) is 17.6 Å². The van der Waals surface area contributed by atoms with Gasteiger partial charge in [0.1, 0.15) is 0 Å². The molecule has 104 valence electrons. The summed E-state index contributed by atoms with van der Waals surface area (Å²) in [5, 5.41) is 12.5. The van der Waals surface area contributed by atoms with Gasteiger partial charge in [-0.1, -0.05) is 25.8 Å². The molecule has 0 atom stereocenters. The molecule has 0 aromatic heterocycles. The Kier molecular flexibility index (Phi) is 3.98. The number of anilines is 2. The van der Waals surface area contributed by atoms with Crippen molar-refractivity contribution >= 4 is 17.3 Å². The van der Waals surface area contributed by atoms with E-state index in [1.807, 2.05) is 0 Å². The van der Waals surface area contributed by atoms with E-state index in [1.165, 1.54) is 25.7 Å². The average Bonchev–Trinajstić information content (AvgIpc) is 2.86. The van der Waals surface area contributed by atoms with Crippen LogP contribution < -0.4 is 11.1 Å². The lowest BCUT2D eigenvalue weighted by Crippen LogP contribution is -2.27. The van der Waals surface area contributed by atoms with Crippen molar-refractivity contribution in [2.75, 3.05) is 17.6 Å². The second kappa shape index (κ2) is 5.51. The number of para-hydroxylation sites is 1. The average molecular weight is 262 g/mol. The molecule has 0 aliphatic heterocycles. The Bertz CT molecular complexity index is 465. The molecule has 19 heavy (non-hydrogen) atoms. The number of hydrogen-bond acceptors (Lipinski definition) is 3. The fourth-order valence-corrected chi connectivity index (χ4v) is 3.00. The van der Waals surface area contributed by atoms with Gasteiger partial charge in [-0.3, -0.25) is 0 Å². The van der Waals surface area contributed by atoms with E-state index in [1.54, 1.807) is 18.2 Å². The van der Waals surface area contributed by atoms with Crippen LogP contribution in [0.15, 0.2) is 18.2 Å². The number of benzene rings is 1. The zero-order valence-corrected chi connectivity index (χ0v) is 11.4. The summed E-state index contributed by atoms with van der Waals surface area (Å²) in [5.74, 6) is -0.938. The van der Waals surface area contributed by atoms with Gasteiger partial charge in [-0.25, -0.2) is 4.79 Å². The molecule has 0 unspecified atom stereocenters. The molecule has 4 N–H and O–H groups in total. The molecule has 0 heterocycles. The molecule has 1 aliphatic carbocycles. The number of carbonyl (C=O) groups is 1. The van der Waals surface area contributed by atoms with Crippen LogP contribution in [0.1, 0.15) is 49.4 Å². The largest absolute Gasteiger partial charge is 0.478 e. The quantitative estimate of drug-likeness (QED) is 0.711. The first-order valence-electron chi connectivity index (χ1n) is 6.94. The van der Waals surface area contributed by atoms with E-state index in [0.29, 0.717) is 16.8 Å². The van der Waals surface area contributed by atoms with Gasteiger partial charge in [0, 0.05) is 6.54 Å². The maximum Gasteiger partial charge on any atom is 0.337 e. The summed E-state index contributed by atoms with van der Waals surface area (Å²) in [5.41, 5.74) is 7.53. The van der Waals surface area contributed by atoms with Gasteiger partial charge in [-0.15, -0.1) is 0 Å². The molecule has 0 radical (unpaired) electrons. The third-order valence-electron chi connectivity index (χ3n) is 4.38. The van der Waals surface area contributed by atoms with Crippen LogP contribution in [0, 0.1) is 5.41 Å². The molecule has 0 spiro atoms. The lowest BCUT2D eigenvalue weighted by molar-refractivity contribution is 0.0698. The fourth-order valence-electron chi connectivity index (χ4n) is 3.00. The second-order valence-electron chi connectivity index (χ2n) is 5.49. The normalized spacial score (nSPS) is 17.3. The monoisotopic (exact) mass is 262 g/mol. The number of rotatable bonds is 5. The summed E-state index contributed by atoms with van der Waals surface area (Å²) < 4.78 is 0. The molecular formula is C15H22N2O2. The topological polar surface area (TPSA) is 75.3 Å². The van der Waals surface area contributed by atoms with Crippen molar-refractivity contribution in [3.05, 3.63) is 23.8 Å². The van der Waals surface area contributed by atoms with Crippen molar-refractivity contribution in [3.8, 4) is 0 Å². The van der Waals surface area contributed by atoms with Crippen molar-refractivity contribution in [3.63, 3.8) is 0 Å². The van der Waals surface area contributed by atoms with Crippen molar-refractivity contribution < 1.29 is 9.90 Å².